The molecule has 3 N–H and O–H groups in total. The molecular formula is C31H30FN7O3. The monoisotopic (exact) mass is 567 g/mol. The molecule has 42 heavy (non-hydrogen) atoms. The van der Waals surface area contributed by atoms with E-state index in [2.05, 4.69) is 31.0 Å². The number of amides is 1. The van der Waals surface area contributed by atoms with Gasteiger partial charge in [-0.15, -0.1) is 5.10 Å². The molecule has 1 atom stereocenters. The highest BCUT2D eigenvalue weighted by molar-refractivity contribution is 5.93. The van der Waals surface area contributed by atoms with E-state index in [0.717, 1.165) is 28.8 Å². The number of hydrogen-bond donors (Lipinski definition) is 3. The number of carbonyl (C=O) groups excluding carboxylic acids is 1. The number of aryl methyl sites for hydroxylation is 1. The van der Waals surface area contributed by atoms with Crippen LogP contribution in [0.25, 0.3) is 22.5 Å². The lowest BCUT2D eigenvalue weighted by atomic mass is 9.98. The largest absolute Gasteiger partial charge is 0.481 e. The van der Waals surface area contributed by atoms with Crippen molar-refractivity contribution in [3.8, 4) is 22.5 Å². The third kappa shape index (κ3) is 6.74. The minimum absolute atomic E-state index is 0.130. The minimum Gasteiger partial charge on any atom is -0.481 e. The highest BCUT2D eigenvalue weighted by atomic mass is 19.1. The van der Waals surface area contributed by atoms with Crippen molar-refractivity contribution in [3.63, 3.8) is 0 Å². The van der Waals surface area contributed by atoms with E-state index in [1.54, 1.807) is 16.8 Å². The summed E-state index contributed by atoms with van der Waals surface area (Å²) in [6, 6.07) is 22.9. The molecule has 1 unspecified atom stereocenters. The number of tetrazole rings is 1. The van der Waals surface area contributed by atoms with Crippen LogP contribution in [0.4, 0.5) is 4.39 Å². The van der Waals surface area contributed by atoms with Crippen molar-refractivity contribution in [3.05, 3.63) is 107 Å². The highest BCUT2D eigenvalue weighted by Crippen LogP contribution is 2.31. The molecule has 2 heterocycles. The van der Waals surface area contributed by atoms with Gasteiger partial charge in [0.1, 0.15) is 11.5 Å². The average Bonchev–Trinajstić information content (AvgIpc) is 3.65. The SMILES string of the molecule is CCCc1cc(C(=O)NC(CC(=O)O)Cc2ccccc2)nn1Cc1ccc(-c2ccccc2-c2nnn[nH]2)cc1F. The molecule has 214 valence electrons. The molecule has 0 saturated heterocycles. The lowest BCUT2D eigenvalue weighted by molar-refractivity contribution is -0.137. The summed E-state index contributed by atoms with van der Waals surface area (Å²) in [5.41, 5.74) is 4.47. The number of nitrogens with one attached hydrogen (secondary N) is 2. The van der Waals surface area contributed by atoms with Gasteiger partial charge >= 0.3 is 5.97 Å². The van der Waals surface area contributed by atoms with Gasteiger partial charge in [0.15, 0.2) is 5.82 Å². The second kappa shape index (κ2) is 13.0. The first-order valence-corrected chi connectivity index (χ1v) is 13.7. The van der Waals surface area contributed by atoms with Gasteiger partial charge in [0.25, 0.3) is 5.91 Å². The molecule has 1 amide bonds. The Labute approximate surface area is 241 Å². The summed E-state index contributed by atoms with van der Waals surface area (Å²) < 4.78 is 17.1. The van der Waals surface area contributed by atoms with E-state index in [1.807, 2.05) is 67.6 Å². The van der Waals surface area contributed by atoms with Crippen LogP contribution >= 0.6 is 0 Å². The van der Waals surface area contributed by atoms with E-state index >= 15 is 4.39 Å². The van der Waals surface area contributed by atoms with Gasteiger partial charge in [-0.25, -0.2) is 9.49 Å². The van der Waals surface area contributed by atoms with Crippen molar-refractivity contribution in [1.29, 1.82) is 0 Å². The van der Waals surface area contributed by atoms with Crippen LogP contribution in [0.5, 0.6) is 0 Å². The van der Waals surface area contributed by atoms with E-state index in [-0.39, 0.29) is 18.7 Å². The molecule has 0 bridgehead atoms. The molecule has 3 aromatic carbocycles. The Bertz CT molecular complexity index is 1670. The Morgan fingerprint density at radius 1 is 1.02 bits per heavy atom. The second-order valence-corrected chi connectivity index (χ2v) is 9.99. The molecule has 0 aliphatic heterocycles. The highest BCUT2D eigenvalue weighted by Gasteiger charge is 2.21. The standard InChI is InChI=1S/C31H30FN7O3/c1-2-8-24-18-28(31(42)33-23(17-29(40)41)15-20-9-4-3-5-10-20)36-39(24)19-22-14-13-21(16-27(22)32)25-11-6-7-12-26(25)30-34-37-38-35-30/h3-7,9-14,16,18,23H,2,8,15,17,19H2,1H3,(H,33,42)(H,40,41)(H,34,35,37,38). The molecule has 0 fully saturated rings. The van der Waals surface area contributed by atoms with Crippen molar-refractivity contribution in [2.45, 2.75) is 45.2 Å². The number of aromatic nitrogens is 6. The van der Waals surface area contributed by atoms with Crippen LogP contribution in [0.2, 0.25) is 0 Å². The zero-order valence-corrected chi connectivity index (χ0v) is 23.0. The average molecular weight is 568 g/mol. The van der Waals surface area contributed by atoms with Gasteiger partial charge in [-0.1, -0.05) is 80.1 Å². The molecule has 0 spiro atoms. The molecular weight excluding hydrogens is 537 g/mol. The Morgan fingerprint density at radius 3 is 2.48 bits per heavy atom. The number of aliphatic carboxylic acids is 1. The number of aromatic amines is 1. The van der Waals surface area contributed by atoms with Crippen molar-refractivity contribution in [1.82, 2.24) is 35.7 Å². The number of benzene rings is 3. The van der Waals surface area contributed by atoms with Gasteiger partial charge < -0.3 is 10.4 Å². The number of carbonyl (C=O) groups is 2. The van der Waals surface area contributed by atoms with Gasteiger partial charge in [-0.2, -0.15) is 5.10 Å². The lowest BCUT2D eigenvalue weighted by Gasteiger charge is -2.16. The fourth-order valence-electron chi connectivity index (χ4n) is 4.92. The summed E-state index contributed by atoms with van der Waals surface area (Å²) in [6.07, 6.45) is 1.59. The maximum absolute atomic E-state index is 15.5. The molecule has 5 aromatic rings. The summed E-state index contributed by atoms with van der Waals surface area (Å²) >= 11 is 0. The number of nitrogens with zero attached hydrogens (tertiary/aromatic N) is 5. The predicted molar refractivity (Wildman–Crippen MR) is 154 cm³/mol. The third-order valence-electron chi connectivity index (χ3n) is 6.89. The first-order valence-electron chi connectivity index (χ1n) is 13.7. The van der Waals surface area contributed by atoms with Gasteiger partial charge in [-0.3, -0.25) is 14.3 Å². The van der Waals surface area contributed by atoms with E-state index in [9.17, 15) is 14.7 Å². The van der Waals surface area contributed by atoms with Crippen LogP contribution in [-0.2, 0) is 24.2 Å². The molecule has 5 rings (SSSR count). The second-order valence-electron chi connectivity index (χ2n) is 9.99. The van der Waals surface area contributed by atoms with Crippen molar-refractivity contribution in [2.75, 3.05) is 0 Å². The summed E-state index contributed by atoms with van der Waals surface area (Å²) in [4.78, 5) is 24.6. The van der Waals surface area contributed by atoms with Crippen LogP contribution in [0.15, 0.2) is 78.9 Å². The zero-order chi connectivity index (χ0) is 29.5. The fourth-order valence-corrected chi connectivity index (χ4v) is 4.92. The molecule has 0 saturated carbocycles. The van der Waals surface area contributed by atoms with Gasteiger partial charge in [0, 0.05) is 22.9 Å². The number of hydrogen-bond acceptors (Lipinski definition) is 6. The third-order valence-corrected chi connectivity index (χ3v) is 6.89. The molecule has 2 aromatic heterocycles. The molecule has 11 heteroatoms. The molecule has 0 aliphatic carbocycles. The molecule has 0 radical (unpaired) electrons. The maximum Gasteiger partial charge on any atom is 0.305 e. The van der Waals surface area contributed by atoms with E-state index in [4.69, 9.17) is 0 Å². The van der Waals surface area contributed by atoms with Crippen molar-refractivity contribution < 1.29 is 19.1 Å². The van der Waals surface area contributed by atoms with E-state index < -0.39 is 23.7 Å². The van der Waals surface area contributed by atoms with Crippen LogP contribution in [0.3, 0.4) is 0 Å². The normalized spacial score (nSPS) is 11.8. The Kier molecular flexibility index (Phi) is 8.76. The fraction of sp³-hybridized carbons (Fsp3) is 0.226. The number of carboxylic acids is 1. The number of halogens is 1. The quantitative estimate of drug-likeness (QED) is 0.199. The summed E-state index contributed by atoms with van der Waals surface area (Å²) in [6.45, 7) is 2.14. The number of rotatable bonds is 12. The maximum atomic E-state index is 15.5. The Hall–Kier alpha value is -5.19. The lowest BCUT2D eigenvalue weighted by Crippen LogP contribution is -2.38. The smallest absolute Gasteiger partial charge is 0.305 e. The van der Waals surface area contributed by atoms with Gasteiger partial charge in [0.05, 0.1) is 13.0 Å². The van der Waals surface area contributed by atoms with Crippen LogP contribution in [-0.4, -0.2) is 53.4 Å². The van der Waals surface area contributed by atoms with Gasteiger partial charge in [0.2, 0.25) is 0 Å². The molecule has 0 aliphatic rings. The van der Waals surface area contributed by atoms with Crippen LogP contribution < -0.4 is 5.32 Å². The Morgan fingerprint density at radius 2 is 1.79 bits per heavy atom. The van der Waals surface area contributed by atoms with Crippen molar-refractivity contribution >= 4 is 11.9 Å². The van der Waals surface area contributed by atoms with Gasteiger partial charge in [-0.05, 0) is 52.1 Å². The molecule has 10 nitrogen and oxygen atoms in total. The zero-order valence-electron chi connectivity index (χ0n) is 23.0. The minimum atomic E-state index is -1.01. The number of H-pyrrole nitrogens is 1. The van der Waals surface area contributed by atoms with E-state index in [0.29, 0.717) is 29.8 Å². The topological polar surface area (TPSA) is 139 Å². The van der Waals surface area contributed by atoms with E-state index in [1.165, 1.54) is 6.07 Å². The predicted octanol–water partition coefficient (Wildman–Crippen LogP) is 4.69. The first-order chi connectivity index (χ1) is 20.4. The summed E-state index contributed by atoms with van der Waals surface area (Å²) in [5, 5.41) is 30.7. The summed E-state index contributed by atoms with van der Waals surface area (Å²) in [7, 11) is 0. The number of carboxylic acid groups (broad SMARTS) is 1. The first kappa shape index (κ1) is 28.3. The van der Waals surface area contributed by atoms with Crippen LogP contribution in [0.1, 0.15) is 47.1 Å². The summed E-state index contributed by atoms with van der Waals surface area (Å²) in [5.74, 6) is -1.41. The Balaban J connectivity index is 1.36. The van der Waals surface area contributed by atoms with Crippen molar-refractivity contribution in [2.24, 2.45) is 0 Å². The van der Waals surface area contributed by atoms with Crippen LogP contribution in [0, 0.1) is 5.82 Å².